The first kappa shape index (κ1) is 14.5. The lowest BCUT2D eigenvalue weighted by Crippen LogP contribution is -2.19. The molecule has 0 spiro atoms. The molecular formula is C16H21N3O. The number of rotatable bonds is 7. The lowest BCUT2D eigenvalue weighted by atomic mass is 10.1. The van der Waals surface area contributed by atoms with E-state index < -0.39 is 0 Å². The average molecular weight is 271 g/mol. The minimum absolute atomic E-state index is 0.325. The number of nitrogens with zero attached hydrogens (tertiary/aromatic N) is 2. The van der Waals surface area contributed by atoms with Gasteiger partial charge in [0.05, 0.1) is 0 Å². The zero-order valence-electron chi connectivity index (χ0n) is 12.0. The summed E-state index contributed by atoms with van der Waals surface area (Å²) >= 11 is 0. The van der Waals surface area contributed by atoms with Gasteiger partial charge in [0.1, 0.15) is 12.4 Å². The van der Waals surface area contributed by atoms with E-state index in [0.717, 1.165) is 18.7 Å². The molecule has 0 radical (unpaired) electrons. The van der Waals surface area contributed by atoms with Gasteiger partial charge in [-0.2, -0.15) is 0 Å². The van der Waals surface area contributed by atoms with Gasteiger partial charge in [-0.15, -0.1) is 0 Å². The molecule has 0 amide bonds. The van der Waals surface area contributed by atoms with E-state index in [4.69, 9.17) is 4.74 Å². The topological polar surface area (TPSA) is 47.0 Å². The van der Waals surface area contributed by atoms with Crippen molar-refractivity contribution >= 4 is 0 Å². The van der Waals surface area contributed by atoms with Crippen molar-refractivity contribution in [3.05, 3.63) is 54.1 Å². The van der Waals surface area contributed by atoms with Crippen molar-refractivity contribution in [3.8, 4) is 5.75 Å². The summed E-state index contributed by atoms with van der Waals surface area (Å²) in [5.74, 6) is 1.54. The largest absolute Gasteiger partial charge is 0.486 e. The van der Waals surface area contributed by atoms with Gasteiger partial charge in [0.25, 0.3) is 0 Å². The first-order chi connectivity index (χ1) is 9.79. The Bertz CT molecular complexity index is 516. The zero-order chi connectivity index (χ0) is 14.2. The third-order valence-electron chi connectivity index (χ3n) is 3.05. The van der Waals surface area contributed by atoms with Crippen molar-refractivity contribution in [3.63, 3.8) is 0 Å². The van der Waals surface area contributed by atoms with Crippen molar-refractivity contribution in [2.75, 3.05) is 6.54 Å². The van der Waals surface area contributed by atoms with Gasteiger partial charge in [-0.3, -0.25) is 0 Å². The van der Waals surface area contributed by atoms with Gasteiger partial charge in [0, 0.05) is 18.4 Å². The highest BCUT2D eigenvalue weighted by molar-refractivity contribution is 5.30. The minimum Gasteiger partial charge on any atom is -0.486 e. The Kier molecular flexibility index (Phi) is 5.50. The van der Waals surface area contributed by atoms with Crippen molar-refractivity contribution < 1.29 is 4.74 Å². The maximum absolute atomic E-state index is 5.73. The monoisotopic (exact) mass is 271 g/mol. The van der Waals surface area contributed by atoms with Crippen LogP contribution in [0.5, 0.6) is 5.75 Å². The molecule has 1 atom stereocenters. The second-order valence-electron chi connectivity index (χ2n) is 4.70. The molecule has 0 saturated heterocycles. The van der Waals surface area contributed by atoms with Gasteiger partial charge in [-0.05, 0) is 43.7 Å². The van der Waals surface area contributed by atoms with Gasteiger partial charge in [-0.25, -0.2) is 9.97 Å². The molecule has 0 saturated carbocycles. The first-order valence-corrected chi connectivity index (χ1v) is 7.01. The summed E-state index contributed by atoms with van der Waals surface area (Å²) < 4.78 is 5.73. The summed E-state index contributed by atoms with van der Waals surface area (Å²) in [5, 5.41) is 3.47. The van der Waals surface area contributed by atoms with Crippen LogP contribution in [0.1, 0.15) is 37.7 Å². The lowest BCUT2D eigenvalue weighted by molar-refractivity contribution is 0.295. The first-order valence-electron chi connectivity index (χ1n) is 7.01. The number of aromatic nitrogens is 2. The predicted octanol–water partition coefficient (Wildman–Crippen LogP) is 3.12. The molecule has 20 heavy (non-hydrogen) atoms. The SMILES string of the molecule is CCCNC(C)c1cccc(OCc2ncccn2)c1. The predicted molar refractivity (Wildman–Crippen MR) is 79.5 cm³/mol. The Labute approximate surface area is 120 Å². The fourth-order valence-corrected chi connectivity index (χ4v) is 1.90. The van der Waals surface area contributed by atoms with Crippen LogP contribution < -0.4 is 10.1 Å². The average Bonchev–Trinajstić information content (AvgIpc) is 2.52. The van der Waals surface area contributed by atoms with Crippen LogP contribution in [0, 0.1) is 0 Å². The Morgan fingerprint density at radius 3 is 2.75 bits per heavy atom. The maximum Gasteiger partial charge on any atom is 0.166 e. The van der Waals surface area contributed by atoms with Crippen LogP contribution in [0.3, 0.4) is 0 Å². The maximum atomic E-state index is 5.73. The fraction of sp³-hybridized carbons (Fsp3) is 0.375. The molecule has 4 heteroatoms. The van der Waals surface area contributed by atoms with E-state index in [2.05, 4.69) is 41.3 Å². The molecule has 0 aliphatic rings. The van der Waals surface area contributed by atoms with E-state index in [0.29, 0.717) is 18.5 Å². The minimum atomic E-state index is 0.325. The standard InChI is InChI=1S/C16H21N3O/c1-3-8-17-13(2)14-6-4-7-15(11-14)20-12-16-18-9-5-10-19-16/h4-7,9-11,13,17H,3,8,12H2,1-2H3. The summed E-state index contributed by atoms with van der Waals surface area (Å²) in [6.45, 7) is 5.74. The molecule has 4 nitrogen and oxygen atoms in total. The molecule has 0 bridgehead atoms. The van der Waals surface area contributed by atoms with E-state index in [-0.39, 0.29) is 0 Å². The third-order valence-corrected chi connectivity index (χ3v) is 3.05. The van der Waals surface area contributed by atoms with Crippen LogP contribution in [-0.2, 0) is 6.61 Å². The Morgan fingerprint density at radius 1 is 1.20 bits per heavy atom. The fourth-order valence-electron chi connectivity index (χ4n) is 1.90. The van der Waals surface area contributed by atoms with Crippen LogP contribution in [0.15, 0.2) is 42.7 Å². The molecule has 1 unspecified atom stereocenters. The highest BCUT2D eigenvalue weighted by atomic mass is 16.5. The van der Waals surface area contributed by atoms with Crippen LogP contribution in [-0.4, -0.2) is 16.5 Å². The van der Waals surface area contributed by atoms with Crippen LogP contribution in [0.2, 0.25) is 0 Å². The number of ether oxygens (including phenoxy) is 1. The van der Waals surface area contributed by atoms with E-state index >= 15 is 0 Å². The molecule has 0 fully saturated rings. The molecule has 2 rings (SSSR count). The van der Waals surface area contributed by atoms with Gasteiger partial charge < -0.3 is 10.1 Å². The quantitative estimate of drug-likeness (QED) is 0.840. The number of hydrogen-bond acceptors (Lipinski definition) is 4. The van der Waals surface area contributed by atoms with E-state index in [1.807, 2.05) is 12.1 Å². The smallest absolute Gasteiger partial charge is 0.166 e. The van der Waals surface area contributed by atoms with Gasteiger partial charge >= 0.3 is 0 Å². The Balaban J connectivity index is 1.95. The molecule has 1 N–H and O–H groups in total. The number of nitrogens with one attached hydrogen (secondary N) is 1. The van der Waals surface area contributed by atoms with Crippen LogP contribution in [0.4, 0.5) is 0 Å². The molecule has 1 aromatic heterocycles. The molecule has 0 aliphatic heterocycles. The lowest BCUT2D eigenvalue weighted by Gasteiger charge is -2.14. The third kappa shape index (κ3) is 4.31. The van der Waals surface area contributed by atoms with E-state index in [9.17, 15) is 0 Å². The molecule has 0 aliphatic carbocycles. The summed E-state index contributed by atoms with van der Waals surface area (Å²) in [6.07, 6.45) is 4.57. The van der Waals surface area contributed by atoms with Crippen LogP contribution in [0.25, 0.3) is 0 Å². The molecular weight excluding hydrogens is 250 g/mol. The normalized spacial score (nSPS) is 12.1. The second-order valence-corrected chi connectivity index (χ2v) is 4.70. The van der Waals surface area contributed by atoms with Crippen LogP contribution >= 0.6 is 0 Å². The van der Waals surface area contributed by atoms with Crippen molar-refractivity contribution in [2.24, 2.45) is 0 Å². The highest BCUT2D eigenvalue weighted by Crippen LogP contribution is 2.19. The van der Waals surface area contributed by atoms with Gasteiger partial charge in [0.2, 0.25) is 0 Å². The van der Waals surface area contributed by atoms with E-state index in [1.54, 1.807) is 18.5 Å². The van der Waals surface area contributed by atoms with Gasteiger partial charge in [0.15, 0.2) is 5.82 Å². The zero-order valence-corrected chi connectivity index (χ0v) is 12.0. The Morgan fingerprint density at radius 2 is 2.00 bits per heavy atom. The van der Waals surface area contributed by atoms with Crippen molar-refractivity contribution in [1.29, 1.82) is 0 Å². The summed E-state index contributed by atoms with van der Waals surface area (Å²) in [6, 6.07) is 10.3. The van der Waals surface area contributed by atoms with Crippen molar-refractivity contribution in [1.82, 2.24) is 15.3 Å². The molecule has 1 heterocycles. The van der Waals surface area contributed by atoms with E-state index in [1.165, 1.54) is 5.56 Å². The second kappa shape index (κ2) is 7.60. The number of hydrogen-bond donors (Lipinski definition) is 1. The highest BCUT2D eigenvalue weighted by Gasteiger charge is 2.05. The summed E-state index contributed by atoms with van der Waals surface area (Å²) in [4.78, 5) is 8.29. The Hall–Kier alpha value is -1.94. The summed E-state index contributed by atoms with van der Waals surface area (Å²) in [5.41, 5.74) is 1.23. The molecule has 2 aromatic rings. The van der Waals surface area contributed by atoms with Gasteiger partial charge in [-0.1, -0.05) is 19.1 Å². The summed E-state index contributed by atoms with van der Waals surface area (Å²) in [7, 11) is 0. The van der Waals surface area contributed by atoms with Crippen molar-refractivity contribution in [2.45, 2.75) is 32.9 Å². The number of benzene rings is 1. The molecule has 1 aromatic carbocycles. The molecule has 106 valence electrons.